The number of halogens is 2. The van der Waals surface area contributed by atoms with E-state index >= 15 is 0 Å². The zero-order valence-electron chi connectivity index (χ0n) is 11.2. The van der Waals surface area contributed by atoms with E-state index in [1.54, 1.807) is 11.3 Å². The van der Waals surface area contributed by atoms with Crippen molar-refractivity contribution in [2.24, 2.45) is 5.92 Å². The van der Waals surface area contributed by atoms with Gasteiger partial charge in [-0.3, -0.25) is 0 Å². The second kappa shape index (κ2) is 6.05. The molecular formula is C13H18F2N2O2S. The highest BCUT2D eigenvalue weighted by molar-refractivity contribution is 7.08. The fourth-order valence-corrected chi connectivity index (χ4v) is 3.06. The number of amides is 2. The van der Waals surface area contributed by atoms with E-state index in [1.165, 1.54) is 4.90 Å². The highest BCUT2D eigenvalue weighted by Crippen LogP contribution is 2.33. The van der Waals surface area contributed by atoms with Crippen molar-refractivity contribution in [2.45, 2.75) is 25.8 Å². The Morgan fingerprint density at radius 3 is 2.95 bits per heavy atom. The molecule has 0 bridgehead atoms. The largest absolute Gasteiger partial charge is 0.396 e. The molecule has 1 fully saturated rings. The van der Waals surface area contributed by atoms with Gasteiger partial charge in [-0.05, 0) is 28.8 Å². The maximum atomic E-state index is 13.5. The molecule has 20 heavy (non-hydrogen) atoms. The molecule has 1 aliphatic rings. The van der Waals surface area contributed by atoms with E-state index in [4.69, 9.17) is 5.11 Å². The highest BCUT2D eigenvalue weighted by Gasteiger charge is 2.44. The Kier molecular flexibility index (Phi) is 4.59. The first kappa shape index (κ1) is 15.2. The molecule has 1 saturated heterocycles. The highest BCUT2D eigenvalue weighted by atomic mass is 32.1. The number of piperidine rings is 1. The first-order chi connectivity index (χ1) is 9.44. The number of aliphatic hydroxyl groups excluding tert-OH is 1. The van der Waals surface area contributed by atoms with Crippen LogP contribution in [0.15, 0.2) is 10.8 Å². The Balaban J connectivity index is 1.89. The van der Waals surface area contributed by atoms with E-state index < -0.39 is 24.9 Å². The lowest BCUT2D eigenvalue weighted by molar-refractivity contribution is -0.112. The first-order valence-corrected chi connectivity index (χ1v) is 7.41. The molecule has 2 N–H and O–H groups in total. The summed E-state index contributed by atoms with van der Waals surface area (Å²) in [6.45, 7) is 1.64. The standard InChI is InChI=1S/C13H18F2N2O2S/c1-9-7-20-8-10(9)4-16-12(19)17-3-2-13(14,15)11(5-17)6-18/h7-8,11,18H,2-6H2,1H3,(H,16,19). The Bertz CT molecular complexity index is 479. The molecular weight excluding hydrogens is 286 g/mol. The first-order valence-electron chi connectivity index (χ1n) is 6.47. The summed E-state index contributed by atoms with van der Waals surface area (Å²) in [6.07, 6.45) is -0.400. The normalized spacial score (nSPS) is 21.8. The molecule has 1 aromatic heterocycles. The molecule has 0 spiro atoms. The lowest BCUT2D eigenvalue weighted by atomic mass is 9.94. The summed E-state index contributed by atoms with van der Waals surface area (Å²) in [5, 5.41) is 15.7. The number of carbonyl (C=O) groups is 1. The van der Waals surface area contributed by atoms with Crippen molar-refractivity contribution in [2.75, 3.05) is 19.7 Å². The van der Waals surface area contributed by atoms with E-state index in [9.17, 15) is 13.6 Å². The topological polar surface area (TPSA) is 52.6 Å². The van der Waals surface area contributed by atoms with Gasteiger partial charge in [0, 0.05) is 26.1 Å². The number of nitrogens with zero attached hydrogens (tertiary/aromatic N) is 1. The van der Waals surface area contributed by atoms with Crippen LogP contribution in [0.5, 0.6) is 0 Å². The van der Waals surface area contributed by atoms with Crippen molar-refractivity contribution < 1.29 is 18.7 Å². The van der Waals surface area contributed by atoms with Crippen LogP contribution in [0, 0.1) is 12.8 Å². The Labute approximate surface area is 120 Å². The van der Waals surface area contributed by atoms with Crippen molar-refractivity contribution in [3.8, 4) is 0 Å². The third-order valence-electron chi connectivity index (χ3n) is 3.65. The Morgan fingerprint density at radius 1 is 1.60 bits per heavy atom. The summed E-state index contributed by atoms with van der Waals surface area (Å²) in [4.78, 5) is 13.3. The number of hydrogen-bond acceptors (Lipinski definition) is 3. The van der Waals surface area contributed by atoms with Crippen molar-refractivity contribution in [3.05, 3.63) is 21.9 Å². The number of rotatable bonds is 3. The van der Waals surface area contributed by atoms with Crippen LogP contribution in [-0.2, 0) is 6.54 Å². The van der Waals surface area contributed by atoms with Crippen molar-refractivity contribution in [1.29, 1.82) is 0 Å². The molecule has 1 unspecified atom stereocenters. The lowest BCUT2D eigenvalue weighted by Crippen LogP contribution is -2.53. The summed E-state index contributed by atoms with van der Waals surface area (Å²) in [6, 6.07) is -0.357. The number of carbonyl (C=O) groups excluding carboxylic acids is 1. The maximum absolute atomic E-state index is 13.5. The Hall–Kier alpha value is -1.21. The molecule has 112 valence electrons. The molecule has 4 nitrogen and oxygen atoms in total. The van der Waals surface area contributed by atoms with E-state index in [-0.39, 0.29) is 19.1 Å². The minimum absolute atomic E-state index is 0.0119. The molecule has 1 aliphatic heterocycles. The van der Waals surface area contributed by atoms with Gasteiger partial charge in [0.05, 0.1) is 12.5 Å². The molecule has 0 saturated carbocycles. The zero-order valence-corrected chi connectivity index (χ0v) is 12.1. The van der Waals surface area contributed by atoms with E-state index in [0.29, 0.717) is 6.54 Å². The van der Waals surface area contributed by atoms with Gasteiger partial charge in [-0.1, -0.05) is 0 Å². The SMILES string of the molecule is Cc1cscc1CNC(=O)N1CCC(F)(F)C(CO)C1. The van der Waals surface area contributed by atoms with Gasteiger partial charge in [-0.25, -0.2) is 13.6 Å². The van der Waals surface area contributed by atoms with Gasteiger partial charge in [-0.2, -0.15) is 11.3 Å². The smallest absolute Gasteiger partial charge is 0.317 e. The van der Waals surface area contributed by atoms with Crippen LogP contribution in [0.3, 0.4) is 0 Å². The van der Waals surface area contributed by atoms with Crippen molar-refractivity contribution >= 4 is 17.4 Å². The summed E-state index contributed by atoms with van der Waals surface area (Å²) in [5.41, 5.74) is 2.14. The lowest BCUT2D eigenvalue weighted by Gasteiger charge is -2.37. The number of alkyl halides is 2. The second-order valence-electron chi connectivity index (χ2n) is 5.08. The van der Waals surface area contributed by atoms with Gasteiger partial charge in [0.15, 0.2) is 0 Å². The van der Waals surface area contributed by atoms with E-state index in [2.05, 4.69) is 5.32 Å². The van der Waals surface area contributed by atoms with Gasteiger partial charge in [0.2, 0.25) is 0 Å². The number of hydrogen-bond donors (Lipinski definition) is 2. The fourth-order valence-electron chi connectivity index (χ4n) is 2.21. The van der Waals surface area contributed by atoms with Crippen LogP contribution in [0.1, 0.15) is 17.5 Å². The predicted molar refractivity (Wildman–Crippen MR) is 73.0 cm³/mol. The minimum Gasteiger partial charge on any atom is -0.396 e. The Morgan fingerprint density at radius 2 is 2.35 bits per heavy atom. The van der Waals surface area contributed by atoms with Crippen LogP contribution in [0.4, 0.5) is 13.6 Å². The zero-order chi connectivity index (χ0) is 14.8. The van der Waals surface area contributed by atoms with Crippen LogP contribution >= 0.6 is 11.3 Å². The van der Waals surface area contributed by atoms with Gasteiger partial charge in [0.25, 0.3) is 5.92 Å². The quantitative estimate of drug-likeness (QED) is 0.899. The maximum Gasteiger partial charge on any atom is 0.317 e. The third kappa shape index (κ3) is 3.27. The number of aryl methyl sites for hydroxylation is 1. The molecule has 2 rings (SSSR count). The molecule has 0 radical (unpaired) electrons. The van der Waals surface area contributed by atoms with Crippen molar-refractivity contribution in [1.82, 2.24) is 10.2 Å². The summed E-state index contributed by atoms with van der Waals surface area (Å²) in [5.74, 6) is -4.07. The predicted octanol–water partition coefficient (Wildman–Crippen LogP) is 2.22. The van der Waals surface area contributed by atoms with Crippen LogP contribution in [-0.4, -0.2) is 41.7 Å². The number of likely N-dealkylation sites (tertiary alicyclic amines) is 1. The van der Waals surface area contributed by atoms with Gasteiger partial charge in [0.1, 0.15) is 0 Å². The van der Waals surface area contributed by atoms with Gasteiger partial charge >= 0.3 is 6.03 Å². The molecule has 1 aromatic rings. The monoisotopic (exact) mass is 304 g/mol. The van der Waals surface area contributed by atoms with Crippen LogP contribution < -0.4 is 5.32 Å². The van der Waals surface area contributed by atoms with Crippen LogP contribution in [0.25, 0.3) is 0 Å². The molecule has 7 heteroatoms. The van der Waals surface area contributed by atoms with Gasteiger partial charge in [-0.15, -0.1) is 0 Å². The van der Waals surface area contributed by atoms with Gasteiger partial charge < -0.3 is 15.3 Å². The third-order valence-corrected chi connectivity index (χ3v) is 4.56. The fraction of sp³-hybridized carbons (Fsp3) is 0.615. The number of nitrogens with one attached hydrogen (secondary N) is 1. The average Bonchev–Trinajstić information content (AvgIpc) is 2.81. The summed E-state index contributed by atoms with van der Waals surface area (Å²) < 4.78 is 26.9. The molecule has 1 atom stereocenters. The van der Waals surface area contributed by atoms with E-state index in [0.717, 1.165) is 11.1 Å². The molecule has 2 heterocycles. The van der Waals surface area contributed by atoms with E-state index in [1.807, 2.05) is 17.7 Å². The minimum atomic E-state index is -2.89. The van der Waals surface area contributed by atoms with Crippen LogP contribution in [0.2, 0.25) is 0 Å². The number of aliphatic hydroxyl groups is 1. The molecule has 2 amide bonds. The second-order valence-corrected chi connectivity index (χ2v) is 5.82. The summed E-state index contributed by atoms with van der Waals surface area (Å²) in [7, 11) is 0. The molecule has 0 aromatic carbocycles. The molecule has 0 aliphatic carbocycles. The van der Waals surface area contributed by atoms with Crippen molar-refractivity contribution in [3.63, 3.8) is 0 Å². The summed E-state index contributed by atoms with van der Waals surface area (Å²) >= 11 is 1.56. The average molecular weight is 304 g/mol. The number of urea groups is 1. The number of thiophene rings is 1.